The molecule has 0 unspecified atom stereocenters. The molecular weight excluding hydrogens is 302 g/mol. The summed E-state index contributed by atoms with van der Waals surface area (Å²) >= 11 is 0. The Labute approximate surface area is 129 Å². The summed E-state index contributed by atoms with van der Waals surface area (Å²) in [6.45, 7) is 3.54. The molecule has 0 spiro atoms. The number of rotatable bonds is 2. The fourth-order valence-electron chi connectivity index (χ4n) is 2.84. The molecule has 3 rings (SSSR count). The number of sulfonamides is 1. The Balaban J connectivity index is 2.06. The van der Waals surface area contributed by atoms with E-state index in [0.717, 1.165) is 15.6 Å². The van der Waals surface area contributed by atoms with Crippen molar-refractivity contribution in [3.8, 4) is 0 Å². The maximum atomic E-state index is 12.7. The lowest BCUT2D eigenvalue weighted by Crippen LogP contribution is -2.38. The van der Waals surface area contributed by atoms with E-state index in [9.17, 15) is 13.2 Å². The van der Waals surface area contributed by atoms with Crippen molar-refractivity contribution in [2.75, 3.05) is 7.05 Å². The highest BCUT2D eigenvalue weighted by atomic mass is 32.2. The summed E-state index contributed by atoms with van der Waals surface area (Å²) in [6, 6.07) is 0. The van der Waals surface area contributed by atoms with Crippen molar-refractivity contribution in [2.24, 2.45) is 4.99 Å². The third kappa shape index (κ3) is 2.12. The smallest absolute Gasteiger partial charge is 0.264 e. The molecule has 0 aromatic heterocycles. The molecule has 2 aliphatic heterocycles. The maximum absolute atomic E-state index is 12.7. The van der Waals surface area contributed by atoms with Crippen LogP contribution in [0.5, 0.6) is 0 Å². The van der Waals surface area contributed by atoms with Gasteiger partial charge in [0.25, 0.3) is 10.0 Å². The van der Waals surface area contributed by atoms with Gasteiger partial charge in [0.15, 0.2) is 0 Å². The minimum Gasteiger partial charge on any atom is -0.359 e. The molecular formula is C15H17N3O3S. The van der Waals surface area contributed by atoms with Crippen LogP contribution in [0.2, 0.25) is 0 Å². The standard InChI is InChI=1S/C15H17N3O3S/c1-9-6-12-13(7-9)22(20,21)18(3)14(15(12)19)10(2)17-11-4-5-16-8-11/h5,7-8,17H,4,6H2,1-3H3/b14-10-. The van der Waals surface area contributed by atoms with Crippen molar-refractivity contribution in [3.05, 3.63) is 45.4 Å². The van der Waals surface area contributed by atoms with Gasteiger partial charge in [-0.2, -0.15) is 0 Å². The van der Waals surface area contributed by atoms with Crippen LogP contribution in [0.3, 0.4) is 0 Å². The summed E-state index contributed by atoms with van der Waals surface area (Å²) in [5.74, 6) is -0.232. The maximum Gasteiger partial charge on any atom is 0.264 e. The molecule has 0 saturated carbocycles. The molecule has 0 saturated heterocycles. The van der Waals surface area contributed by atoms with Crippen LogP contribution in [0.25, 0.3) is 0 Å². The number of carbonyl (C=O) groups excluding carboxylic acids is 1. The zero-order valence-electron chi connectivity index (χ0n) is 12.7. The van der Waals surface area contributed by atoms with Gasteiger partial charge in [-0.25, -0.2) is 8.42 Å². The Morgan fingerprint density at radius 3 is 2.77 bits per heavy atom. The lowest BCUT2D eigenvalue weighted by Gasteiger charge is -2.29. The number of hydrogen-bond donors (Lipinski definition) is 1. The van der Waals surface area contributed by atoms with Crippen molar-refractivity contribution >= 4 is 22.0 Å². The average Bonchev–Trinajstić information content (AvgIpc) is 3.07. The van der Waals surface area contributed by atoms with Gasteiger partial charge in [0, 0.05) is 42.9 Å². The Morgan fingerprint density at radius 1 is 1.41 bits per heavy atom. The Bertz CT molecular complexity index is 826. The number of nitrogens with zero attached hydrogens (tertiary/aromatic N) is 2. The molecule has 0 bridgehead atoms. The largest absolute Gasteiger partial charge is 0.359 e. The number of hydrogen-bond acceptors (Lipinski definition) is 5. The van der Waals surface area contributed by atoms with Crippen LogP contribution in [0.1, 0.15) is 26.7 Å². The summed E-state index contributed by atoms with van der Waals surface area (Å²) < 4.78 is 26.3. The first-order chi connectivity index (χ1) is 10.3. The topological polar surface area (TPSA) is 78.8 Å². The van der Waals surface area contributed by atoms with Crippen molar-refractivity contribution < 1.29 is 13.2 Å². The van der Waals surface area contributed by atoms with Crippen LogP contribution < -0.4 is 5.32 Å². The van der Waals surface area contributed by atoms with Crippen LogP contribution >= 0.6 is 0 Å². The van der Waals surface area contributed by atoms with E-state index in [4.69, 9.17) is 0 Å². The molecule has 1 aliphatic carbocycles. The van der Waals surface area contributed by atoms with Gasteiger partial charge in [-0.15, -0.1) is 0 Å². The van der Waals surface area contributed by atoms with Gasteiger partial charge in [0.1, 0.15) is 5.70 Å². The fraction of sp³-hybridized carbons (Fsp3) is 0.333. The van der Waals surface area contributed by atoms with Crippen molar-refractivity contribution in [3.63, 3.8) is 0 Å². The third-order valence-electron chi connectivity index (χ3n) is 3.92. The molecule has 0 atom stereocenters. The SMILES string of the molecule is CC1=CC2=C(C1)C(=O)/C(=C(\C)NC1=CN=CC1)N(C)S2(=O)=O. The van der Waals surface area contributed by atoms with Gasteiger partial charge in [0.05, 0.1) is 4.91 Å². The normalized spacial score (nSPS) is 25.2. The predicted molar refractivity (Wildman–Crippen MR) is 84.1 cm³/mol. The van der Waals surface area contributed by atoms with Crippen molar-refractivity contribution in [1.29, 1.82) is 0 Å². The summed E-state index contributed by atoms with van der Waals surface area (Å²) in [6.07, 6.45) is 6.03. The number of Topliss-reactive ketones (excluding diaryl/α,β-unsaturated/α-hetero) is 1. The van der Waals surface area contributed by atoms with Gasteiger partial charge in [0.2, 0.25) is 5.78 Å². The first-order valence-corrected chi connectivity index (χ1v) is 8.39. The molecule has 1 N–H and O–H groups in total. The molecule has 0 aromatic rings. The highest BCUT2D eigenvalue weighted by Gasteiger charge is 2.41. The highest BCUT2D eigenvalue weighted by molar-refractivity contribution is 7.93. The number of aliphatic imine (C=N–C) groups is 1. The van der Waals surface area contributed by atoms with Gasteiger partial charge in [-0.3, -0.25) is 14.1 Å². The van der Waals surface area contributed by atoms with Crippen LogP contribution in [-0.4, -0.2) is 31.8 Å². The molecule has 7 heteroatoms. The highest BCUT2D eigenvalue weighted by Crippen LogP contribution is 2.38. The van der Waals surface area contributed by atoms with Crippen LogP contribution in [0, 0.1) is 0 Å². The number of nitrogens with one attached hydrogen (secondary N) is 1. The van der Waals surface area contributed by atoms with Crippen LogP contribution in [0.4, 0.5) is 0 Å². The van der Waals surface area contributed by atoms with Gasteiger partial charge in [-0.05, 0) is 26.3 Å². The first-order valence-electron chi connectivity index (χ1n) is 6.95. The minimum absolute atomic E-state index is 0.137. The van der Waals surface area contributed by atoms with E-state index in [0.29, 0.717) is 24.1 Å². The van der Waals surface area contributed by atoms with E-state index in [1.54, 1.807) is 25.4 Å². The zero-order valence-corrected chi connectivity index (χ0v) is 13.5. The van der Waals surface area contributed by atoms with E-state index in [1.165, 1.54) is 7.05 Å². The Kier molecular flexibility index (Phi) is 3.32. The molecule has 0 amide bonds. The second-order valence-electron chi connectivity index (χ2n) is 5.60. The van der Waals surface area contributed by atoms with E-state index in [-0.39, 0.29) is 16.4 Å². The van der Waals surface area contributed by atoms with Gasteiger partial charge in [-0.1, -0.05) is 5.57 Å². The molecule has 3 aliphatic rings. The molecule has 22 heavy (non-hydrogen) atoms. The van der Waals surface area contributed by atoms with E-state index < -0.39 is 10.0 Å². The fourth-order valence-corrected chi connectivity index (χ4v) is 4.42. The van der Waals surface area contributed by atoms with Gasteiger partial charge >= 0.3 is 0 Å². The van der Waals surface area contributed by atoms with Crippen molar-refractivity contribution in [2.45, 2.75) is 26.7 Å². The zero-order chi connectivity index (χ0) is 16.1. The van der Waals surface area contributed by atoms with Crippen molar-refractivity contribution in [1.82, 2.24) is 9.62 Å². The summed E-state index contributed by atoms with van der Waals surface area (Å²) in [5.41, 5.74) is 2.78. The minimum atomic E-state index is -3.67. The molecule has 0 aromatic carbocycles. The summed E-state index contributed by atoms with van der Waals surface area (Å²) in [5, 5.41) is 3.09. The summed E-state index contributed by atoms with van der Waals surface area (Å²) in [4.78, 5) is 16.8. The van der Waals surface area contributed by atoms with E-state index >= 15 is 0 Å². The van der Waals surface area contributed by atoms with Crippen LogP contribution in [0.15, 0.2) is 50.4 Å². The lowest BCUT2D eigenvalue weighted by molar-refractivity contribution is -0.113. The van der Waals surface area contributed by atoms with Gasteiger partial charge < -0.3 is 5.32 Å². The second kappa shape index (κ2) is 4.95. The van der Waals surface area contributed by atoms with E-state index in [1.807, 2.05) is 6.92 Å². The monoisotopic (exact) mass is 319 g/mol. The number of allylic oxidation sites excluding steroid dienone is 5. The predicted octanol–water partition coefficient (Wildman–Crippen LogP) is 1.57. The number of likely N-dealkylation sites (N-methyl/N-ethyl adjacent to an activating group) is 1. The first kappa shape index (κ1) is 14.8. The third-order valence-corrected chi connectivity index (χ3v) is 5.75. The summed E-state index contributed by atoms with van der Waals surface area (Å²) in [7, 11) is -2.25. The van der Waals surface area contributed by atoms with E-state index in [2.05, 4.69) is 10.3 Å². The average molecular weight is 319 g/mol. The quantitative estimate of drug-likeness (QED) is 0.784. The molecule has 2 heterocycles. The Morgan fingerprint density at radius 2 is 2.14 bits per heavy atom. The van der Waals surface area contributed by atoms with Crippen LogP contribution in [-0.2, 0) is 14.8 Å². The molecule has 0 fully saturated rings. The number of carbonyl (C=O) groups is 1. The molecule has 0 radical (unpaired) electrons. The molecule has 116 valence electrons. The lowest BCUT2D eigenvalue weighted by atomic mass is 10.0. The molecule has 6 nitrogen and oxygen atoms in total. The Hall–Kier alpha value is -2.15. The second-order valence-corrected chi connectivity index (χ2v) is 7.54. The number of ketones is 1.